The van der Waals surface area contributed by atoms with Gasteiger partial charge in [0.15, 0.2) is 0 Å². The normalized spacial score (nSPS) is 13.3. The molecule has 3 N–H and O–H groups in total. The van der Waals surface area contributed by atoms with Crippen LogP contribution in [0.5, 0.6) is 11.5 Å². The van der Waals surface area contributed by atoms with Gasteiger partial charge in [-0.25, -0.2) is 0 Å². The highest BCUT2D eigenvalue weighted by Crippen LogP contribution is 2.42. The predicted octanol–water partition coefficient (Wildman–Crippen LogP) is 1.71. The van der Waals surface area contributed by atoms with Gasteiger partial charge in [0.2, 0.25) is 0 Å². The molecule has 0 aliphatic carbocycles. The molecule has 1 aromatic carbocycles. The molecule has 4 nitrogen and oxygen atoms in total. The van der Waals surface area contributed by atoms with Crippen LogP contribution in [0.25, 0.3) is 0 Å². The highest BCUT2D eigenvalue weighted by atomic mass is 19.4. The Morgan fingerprint density at radius 1 is 1.28 bits per heavy atom. The molecule has 0 aliphatic heterocycles. The molecule has 0 saturated heterocycles. The molecule has 0 aliphatic rings. The molecular weight excluding hydrogens is 251 g/mol. The lowest BCUT2D eigenvalue weighted by Gasteiger charge is -2.19. The van der Waals surface area contributed by atoms with Gasteiger partial charge < -0.3 is 20.3 Å². The van der Waals surface area contributed by atoms with Crippen molar-refractivity contribution < 1.29 is 27.8 Å². The summed E-state index contributed by atoms with van der Waals surface area (Å²) >= 11 is 0. The Bertz CT molecular complexity index is 421. The van der Waals surface area contributed by atoms with Gasteiger partial charge in [0.1, 0.15) is 17.1 Å². The Morgan fingerprint density at radius 2 is 1.89 bits per heavy atom. The van der Waals surface area contributed by atoms with Crippen molar-refractivity contribution in [3.63, 3.8) is 0 Å². The number of halogens is 3. The zero-order chi connectivity index (χ0) is 13.9. The number of methoxy groups -OCH3 is 2. The number of ether oxygens (including phenoxy) is 2. The van der Waals surface area contributed by atoms with E-state index in [0.717, 1.165) is 13.2 Å². The van der Waals surface area contributed by atoms with Crippen molar-refractivity contribution >= 4 is 0 Å². The van der Waals surface area contributed by atoms with Crippen molar-refractivity contribution in [1.82, 2.24) is 0 Å². The van der Waals surface area contributed by atoms with Crippen LogP contribution in [0.1, 0.15) is 17.2 Å². The van der Waals surface area contributed by atoms with Gasteiger partial charge in [0.25, 0.3) is 0 Å². The number of aliphatic hydroxyl groups is 1. The zero-order valence-electron chi connectivity index (χ0n) is 9.91. The summed E-state index contributed by atoms with van der Waals surface area (Å²) < 4.78 is 48.1. The second kappa shape index (κ2) is 5.45. The Balaban J connectivity index is 3.50. The van der Waals surface area contributed by atoms with Crippen molar-refractivity contribution in [2.24, 2.45) is 5.73 Å². The fraction of sp³-hybridized carbons (Fsp3) is 0.455. The standard InChI is InChI=1S/C11H14F3NO3/c1-17-6-3-7(9(16)5-15)10(18-2)8(4-6)11(12,13)14/h3-4,9,16H,5,15H2,1-2H3. The molecule has 1 aromatic rings. The molecule has 0 radical (unpaired) electrons. The van der Waals surface area contributed by atoms with E-state index in [1.165, 1.54) is 13.2 Å². The summed E-state index contributed by atoms with van der Waals surface area (Å²) in [6.45, 7) is -0.221. The van der Waals surface area contributed by atoms with Crippen LogP contribution in [-0.2, 0) is 6.18 Å². The van der Waals surface area contributed by atoms with Crippen LogP contribution in [0.3, 0.4) is 0 Å². The number of hydrogen-bond acceptors (Lipinski definition) is 4. The number of nitrogens with two attached hydrogens (primary N) is 1. The maximum Gasteiger partial charge on any atom is 0.420 e. The predicted molar refractivity (Wildman–Crippen MR) is 58.6 cm³/mol. The minimum atomic E-state index is -4.61. The number of hydrogen-bond donors (Lipinski definition) is 2. The Hall–Kier alpha value is -1.47. The topological polar surface area (TPSA) is 64.7 Å². The van der Waals surface area contributed by atoms with Gasteiger partial charge in [-0.1, -0.05) is 0 Å². The lowest BCUT2D eigenvalue weighted by molar-refractivity contribution is -0.139. The summed E-state index contributed by atoms with van der Waals surface area (Å²) in [6, 6.07) is 2.08. The summed E-state index contributed by atoms with van der Waals surface area (Å²) in [7, 11) is 2.34. The Morgan fingerprint density at radius 3 is 2.28 bits per heavy atom. The van der Waals surface area contributed by atoms with E-state index in [-0.39, 0.29) is 17.9 Å². The molecule has 0 spiro atoms. The average molecular weight is 265 g/mol. The van der Waals surface area contributed by atoms with E-state index in [2.05, 4.69) is 0 Å². The van der Waals surface area contributed by atoms with Crippen LogP contribution in [0.15, 0.2) is 12.1 Å². The van der Waals surface area contributed by atoms with Gasteiger partial charge in [-0.2, -0.15) is 13.2 Å². The van der Waals surface area contributed by atoms with Crippen LogP contribution in [0.4, 0.5) is 13.2 Å². The highest BCUT2D eigenvalue weighted by molar-refractivity contribution is 5.49. The summed E-state index contributed by atoms with van der Waals surface area (Å²) in [5.41, 5.74) is 4.19. The first-order valence-corrected chi connectivity index (χ1v) is 5.06. The van der Waals surface area contributed by atoms with Crippen molar-refractivity contribution in [2.75, 3.05) is 20.8 Å². The third kappa shape index (κ3) is 2.85. The molecule has 1 rings (SSSR count). The quantitative estimate of drug-likeness (QED) is 0.870. The SMILES string of the molecule is COc1cc(C(O)CN)c(OC)c(C(F)(F)F)c1. The van der Waals surface area contributed by atoms with Gasteiger partial charge in [-0.05, 0) is 12.1 Å². The van der Waals surface area contributed by atoms with Crippen molar-refractivity contribution in [3.05, 3.63) is 23.3 Å². The van der Waals surface area contributed by atoms with Crippen molar-refractivity contribution in [2.45, 2.75) is 12.3 Å². The molecule has 0 amide bonds. The molecule has 102 valence electrons. The molecule has 0 saturated carbocycles. The summed E-state index contributed by atoms with van der Waals surface area (Å²) in [4.78, 5) is 0. The second-order valence-electron chi connectivity index (χ2n) is 3.55. The number of aliphatic hydroxyl groups excluding tert-OH is 1. The van der Waals surface area contributed by atoms with Gasteiger partial charge >= 0.3 is 6.18 Å². The lowest BCUT2D eigenvalue weighted by Crippen LogP contribution is -2.16. The zero-order valence-corrected chi connectivity index (χ0v) is 9.91. The minimum Gasteiger partial charge on any atom is -0.497 e. The smallest absolute Gasteiger partial charge is 0.420 e. The first kappa shape index (κ1) is 14.6. The number of rotatable bonds is 4. The molecule has 0 bridgehead atoms. The molecular formula is C11H14F3NO3. The van der Waals surface area contributed by atoms with E-state index in [1.54, 1.807) is 0 Å². The van der Waals surface area contributed by atoms with E-state index >= 15 is 0 Å². The maximum atomic E-state index is 12.9. The molecule has 1 atom stereocenters. The van der Waals surface area contributed by atoms with Crippen LogP contribution in [-0.4, -0.2) is 25.9 Å². The largest absolute Gasteiger partial charge is 0.497 e. The maximum absolute atomic E-state index is 12.9. The molecule has 0 fully saturated rings. The third-order valence-corrected chi connectivity index (χ3v) is 2.42. The lowest BCUT2D eigenvalue weighted by atomic mass is 10.0. The summed E-state index contributed by atoms with van der Waals surface area (Å²) in [5, 5.41) is 9.62. The van der Waals surface area contributed by atoms with E-state index in [4.69, 9.17) is 15.2 Å². The average Bonchev–Trinajstić information content (AvgIpc) is 2.34. The fourth-order valence-corrected chi connectivity index (χ4v) is 1.55. The van der Waals surface area contributed by atoms with Crippen LogP contribution >= 0.6 is 0 Å². The third-order valence-electron chi connectivity index (χ3n) is 2.42. The van der Waals surface area contributed by atoms with Crippen LogP contribution in [0, 0.1) is 0 Å². The molecule has 0 aromatic heterocycles. The first-order chi connectivity index (χ1) is 8.35. The molecule has 18 heavy (non-hydrogen) atoms. The van der Waals surface area contributed by atoms with Crippen LogP contribution < -0.4 is 15.2 Å². The van der Waals surface area contributed by atoms with Crippen LogP contribution in [0.2, 0.25) is 0 Å². The molecule has 7 heteroatoms. The monoisotopic (exact) mass is 265 g/mol. The Labute approximate surface area is 102 Å². The molecule has 0 heterocycles. The van der Waals surface area contributed by atoms with Crippen molar-refractivity contribution in [1.29, 1.82) is 0 Å². The van der Waals surface area contributed by atoms with E-state index in [0.29, 0.717) is 0 Å². The minimum absolute atomic E-state index is 0.0226. The second-order valence-corrected chi connectivity index (χ2v) is 3.55. The van der Waals surface area contributed by atoms with E-state index in [1.807, 2.05) is 0 Å². The fourth-order valence-electron chi connectivity index (χ4n) is 1.55. The van der Waals surface area contributed by atoms with Gasteiger partial charge in [0, 0.05) is 12.1 Å². The summed E-state index contributed by atoms with van der Waals surface area (Å²) in [6.07, 6.45) is -5.86. The number of benzene rings is 1. The first-order valence-electron chi connectivity index (χ1n) is 5.06. The summed E-state index contributed by atoms with van der Waals surface area (Å²) in [5.74, 6) is -0.466. The van der Waals surface area contributed by atoms with E-state index in [9.17, 15) is 18.3 Å². The number of alkyl halides is 3. The van der Waals surface area contributed by atoms with Gasteiger partial charge in [0.05, 0.1) is 20.3 Å². The van der Waals surface area contributed by atoms with Crippen molar-refractivity contribution in [3.8, 4) is 11.5 Å². The van der Waals surface area contributed by atoms with Gasteiger partial charge in [-0.3, -0.25) is 0 Å². The highest BCUT2D eigenvalue weighted by Gasteiger charge is 2.37. The molecule has 1 unspecified atom stereocenters. The van der Waals surface area contributed by atoms with Gasteiger partial charge in [-0.15, -0.1) is 0 Å². The van der Waals surface area contributed by atoms with E-state index < -0.39 is 23.6 Å². The Kier molecular flexibility index (Phi) is 4.42.